The third-order valence-corrected chi connectivity index (χ3v) is 6.67. The lowest BCUT2D eigenvalue weighted by Gasteiger charge is -2.24. The molecular weight excluding hydrogens is 340 g/mol. The Bertz CT molecular complexity index is 1010. The lowest BCUT2D eigenvalue weighted by molar-refractivity contribution is 0.352. The fourth-order valence-corrected chi connectivity index (χ4v) is 5.17. The van der Waals surface area contributed by atoms with Crippen LogP contribution in [0.2, 0.25) is 0 Å². The van der Waals surface area contributed by atoms with Crippen LogP contribution in [-0.4, -0.2) is 49.6 Å². The molecule has 1 fully saturated rings. The molecule has 132 valence electrons. The maximum absolute atomic E-state index is 13.2. The second-order valence-corrected chi connectivity index (χ2v) is 8.31. The van der Waals surface area contributed by atoms with E-state index in [0.29, 0.717) is 18.7 Å². The highest BCUT2D eigenvalue weighted by Gasteiger charge is 2.35. The van der Waals surface area contributed by atoms with E-state index in [2.05, 4.69) is 15.1 Å². The van der Waals surface area contributed by atoms with Crippen LogP contribution in [-0.2, 0) is 23.6 Å². The summed E-state index contributed by atoms with van der Waals surface area (Å²) in [4.78, 5) is 8.58. The topological polar surface area (TPSA) is 85.9 Å². The summed E-state index contributed by atoms with van der Waals surface area (Å²) in [7, 11) is -1.79. The summed E-state index contributed by atoms with van der Waals surface area (Å²) in [5.41, 5.74) is 1.46. The van der Waals surface area contributed by atoms with Crippen LogP contribution in [0.15, 0.2) is 35.9 Å². The number of aromatic nitrogens is 5. The summed E-state index contributed by atoms with van der Waals surface area (Å²) in [6.45, 7) is 3.00. The van der Waals surface area contributed by atoms with E-state index in [1.807, 2.05) is 17.7 Å². The molecule has 1 saturated heterocycles. The van der Waals surface area contributed by atoms with Crippen LogP contribution in [0.1, 0.15) is 18.5 Å². The lowest BCUT2D eigenvalue weighted by atomic mass is 10.2. The summed E-state index contributed by atoms with van der Waals surface area (Å²) in [5.74, 6) is 0. The third kappa shape index (κ3) is 2.73. The standard InChI is InChI=1S/C16H20N6O2S/c1-12-15-8-14(9-18-16(15)20(2)19-12)25(23,24)22-6-3-4-13(22)10-21-7-5-17-11-21/h5,7-9,11,13H,3-4,6,10H2,1-2H3. The number of hydrogen-bond acceptors (Lipinski definition) is 5. The van der Waals surface area contributed by atoms with Gasteiger partial charge in [0.05, 0.1) is 12.0 Å². The SMILES string of the molecule is Cc1nn(C)c2ncc(S(=O)(=O)N3CCCC3Cn3ccnc3)cc12. The Morgan fingerprint density at radius 3 is 2.96 bits per heavy atom. The number of pyridine rings is 1. The molecule has 0 radical (unpaired) electrons. The van der Waals surface area contributed by atoms with Crippen molar-refractivity contribution in [3.8, 4) is 0 Å². The van der Waals surface area contributed by atoms with E-state index in [-0.39, 0.29) is 10.9 Å². The molecule has 25 heavy (non-hydrogen) atoms. The molecule has 0 spiro atoms. The summed E-state index contributed by atoms with van der Waals surface area (Å²) < 4.78 is 31.5. The zero-order chi connectivity index (χ0) is 17.6. The van der Waals surface area contributed by atoms with Crippen molar-refractivity contribution < 1.29 is 8.42 Å². The maximum Gasteiger partial charge on any atom is 0.244 e. The molecule has 3 aromatic rings. The molecular formula is C16H20N6O2S. The first-order valence-electron chi connectivity index (χ1n) is 8.24. The van der Waals surface area contributed by atoms with Gasteiger partial charge in [0, 0.05) is 50.2 Å². The van der Waals surface area contributed by atoms with Crippen LogP contribution < -0.4 is 0 Å². The van der Waals surface area contributed by atoms with Crippen LogP contribution in [0.25, 0.3) is 11.0 Å². The Balaban J connectivity index is 1.69. The van der Waals surface area contributed by atoms with Gasteiger partial charge in [-0.3, -0.25) is 4.68 Å². The Morgan fingerprint density at radius 1 is 1.36 bits per heavy atom. The number of nitrogens with zero attached hydrogens (tertiary/aromatic N) is 6. The number of rotatable bonds is 4. The first kappa shape index (κ1) is 16.2. The molecule has 1 aliphatic rings. The monoisotopic (exact) mass is 360 g/mol. The molecule has 1 unspecified atom stereocenters. The first-order valence-corrected chi connectivity index (χ1v) is 9.68. The van der Waals surface area contributed by atoms with Crippen molar-refractivity contribution in [1.29, 1.82) is 0 Å². The van der Waals surface area contributed by atoms with Gasteiger partial charge >= 0.3 is 0 Å². The van der Waals surface area contributed by atoms with Crippen molar-refractivity contribution in [2.45, 2.75) is 37.2 Å². The predicted octanol–water partition coefficient (Wildman–Crippen LogP) is 1.33. The van der Waals surface area contributed by atoms with Crippen LogP contribution in [0.5, 0.6) is 0 Å². The Hall–Kier alpha value is -2.26. The normalized spacial score (nSPS) is 19.0. The molecule has 0 amide bonds. The van der Waals surface area contributed by atoms with Crippen molar-refractivity contribution >= 4 is 21.1 Å². The maximum atomic E-state index is 13.2. The second kappa shape index (κ2) is 5.92. The molecule has 9 heteroatoms. The molecule has 4 heterocycles. The van der Waals surface area contributed by atoms with Crippen LogP contribution in [0.3, 0.4) is 0 Å². The summed E-state index contributed by atoms with van der Waals surface area (Å²) in [5, 5.41) is 5.08. The van der Waals surface area contributed by atoms with Crippen molar-refractivity contribution in [2.24, 2.45) is 7.05 Å². The summed E-state index contributed by atoms with van der Waals surface area (Å²) in [6, 6.07) is 1.62. The van der Waals surface area contributed by atoms with E-state index >= 15 is 0 Å². The van der Waals surface area contributed by atoms with Gasteiger partial charge in [0.25, 0.3) is 0 Å². The fraction of sp³-hybridized carbons (Fsp3) is 0.438. The van der Waals surface area contributed by atoms with Gasteiger partial charge in [-0.2, -0.15) is 9.40 Å². The minimum absolute atomic E-state index is 0.0649. The zero-order valence-electron chi connectivity index (χ0n) is 14.2. The van der Waals surface area contributed by atoms with Gasteiger partial charge < -0.3 is 4.57 Å². The highest BCUT2D eigenvalue weighted by molar-refractivity contribution is 7.89. The van der Waals surface area contributed by atoms with E-state index < -0.39 is 10.0 Å². The minimum atomic E-state index is -3.59. The quantitative estimate of drug-likeness (QED) is 0.700. The van der Waals surface area contributed by atoms with Crippen molar-refractivity contribution in [3.05, 3.63) is 36.7 Å². The van der Waals surface area contributed by atoms with Crippen molar-refractivity contribution in [3.63, 3.8) is 0 Å². The van der Waals surface area contributed by atoms with Crippen molar-refractivity contribution in [1.82, 2.24) is 28.6 Å². The highest BCUT2D eigenvalue weighted by Crippen LogP contribution is 2.28. The number of imidazole rings is 1. The van der Waals surface area contributed by atoms with Crippen molar-refractivity contribution in [2.75, 3.05) is 6.54 Å². The number of aryl methyl sites for hydroxylation is 2. The Kier molecular flexibility index (Phi) is 3.84. The lowest BCUT2D eigenvalue weighted by Crippen LogP contribution is -2.37. The molecule has 3 aromatic heterocycles. The van der Waals surface area contributed by atoms with E-state index in [4.69, 9.17) is 0 Å². The molecule has 0 saturated carbocycles. The molecule has 1 atom stereocenters. The van der Waals surface area contributed by atoms with Gasteiger partial charge in [0.1, 0.15) is 4.90 Å². The van der Waals surface area contributed by atoms with E-state index in [1.54, 1.807) is 34.6 Å². The van der Waals surface area contributed by atoms with Crippen LogP contribution in [0, 0.1) is 6.92 Å². The largest absolute Gasteiger partial charge is 0.336 e. The number of sulfonamides is 1. The van der Waals surface area contributed by atoms with Gasteiger partial charge in [0.2, 0.25) is 10.0 Å². The molecule has 0 aliphatic carbocycles. The van der Waals surface area contributed by atoms with E-state index in [1.165, 1.54) is 6.20 Å². The molecule has 8 nitrogen and oxygen atoms in total. The van der Waals surface area contributed by atoms with Gasteiger partial charge in [-0.1, -0.05) is 0 Å². The molecule has 4 rings (SSSR count). The van der Waals surface area contributed by atoms with E-state index in [0.717, 1.165) is 23.9 Å². The smallest absolute Gasteiger partial charge is 0.244 e. The Labute approximate surface area is 146 Å². The summed E-state index contributed by atoms with van der Waals surface area (Å²) in [6.07, 6.45) is 8.42. The van der Waals surface area contributed by atoms with Crippen LogP contribution >= 0.6 is 0 Å². The van der Waals surface area contributed by atoms with Gasteiger partial charge in [-0.25, -0.2) is 18.4 Å². The third-order valence-electron chi connectivity index (χ3n) is 4.75. The average molecular weight is 360 g/mol. The Morgan fingerprint density at radius 2 is 2.20 bits per heavy atom. The number of fused-ring (bicyclic) bond motifs is 1. The zero-order valence-corrected chi connectivity index (χ0v) is 15.0. The van der Waals surface area contributed by atoms with Crippen LogP contribution in [0.4, 0.5) is 0 Å². The number of hydrogen-bond donors (Lipinski definition) is 0. The summed E-state index contributed by atoms with van der Waals surface area (Å²) >= 11 is 0. The van der Waals surface area contributed by atoms with Gasteiger partial charge in [-0.15, -0.1) is 0 Å². The van der Waals surface area contributed by atoms with E-state index in [9.17, 15) is 8.42 Å². The average Bonchev–Trinajstić information content (AvgIpc) is 3.31. The first-order chi connectivity index (χ1) is 12.0. The van der Waals surface area contributed by atoms with Gasteiger partial charge in [0.15, 0.2) is 5.65 Å². The fourth-order valence-electron chi connectivity index (χ4n) is 3.51. The predicted molar refractivity (Wildman–Crippen MR) is 92.4 cm³/mol. The highest BCUT2D eigenvalue weighted by atomic mass is 32.2. The minimum Gasteiger partial charge on any atom is -0.336 e. The second-order valence-electron chi connectivity index (χ2n) is 6.42. The molecule has 0 N–H and O–H groups in total. The molecule has 1 aliphatic heterocycles. The molecule has 0 aromatic carbocycles. The van der Waals surface area contributed by atoms with Gasteiger partial charge in [-0.05, 0) is 25.8 Å². The molecule has 0 bridgehead atoms.